The highest BCUT2D eigenvalue weighted by molar-refractivity contribution is 7.98. The second-order valence-corrected chi connectivity index (χ2v) is 9.69. The Morgan fingerprint density at radius 2 is 1.71 bits per heavy atom. The number of hydrogen-bond acceptors (Lipinski definition) is 7. The van der Waals surface area contributed by atoms with Crippen LogP contribution < -0.4 is 4.90 Å². The van der Waals surface area contributed by atoms with Crippen LogP contribution in [0.4, 0.5) is 11.4 Å². The topological polar surface area (TPSA) is 83.8 Å². The van der Waals surface area contributed by atoms with Gasteiger partial charge in [0.15, 0.2) is 9.84 Å². The fourth-order valence-corrected chi connectivity index (χ4v) is 4.33. The summed E-state index contributed by atoms with van der Waals surface area (Å²) in [5, 5.41) is 11.5. The minimum absolute atomic E-state index is 0.0322. The molecule has 0 N–H and O–H groups in total. The molecule has 1 fully saturated rings. The molecule has 2 aromatic rings. The molecule has 0 amide bonds. The number of piperazine rings is 1. The quantitative estimate of drug-likeness (QED) is 0.403. The molecule has 3 rings (SSSR count). The maximum absolute atomic E-state index is 11.7. The number of sulfone groups is 1. The molecule has 7 nitrogen and oxygen atoms in total. The lowest BCUT2D eigenvalue weighted by atomic mass is 10.2. The molecule has 0 saturated carbocycles. The van der Waals surface area contributed by atoms with Crippen LogP contribution in [0.5, 0.6) is 0 Å². The van der Waals surface area contributed by atoms with E-state index in [9.17, 15) is 18.5 Å². The first-order valence-corrected chi connectivity index (χ1v) is 12.0. The van der Waals surface area contributed by atoms with Gasteiger partial charge in [-0.2, -0.15) is 0 Å². The molecule has 1 aliphatic heterocycles. The average molecular weight is 422 g/mol. The standard InChI is InChI=1S/C19H23N3O4S2/c1-27-16-5-3-15(4-6-16)14-20-9-11-21(12-10-20)18-8-7-17(28(2,25)26)13-19(18)22(23)24/h3-8,13H,9-12,14H2,1-2H3. The molecular weight excluding hydrogens is 398 g/mol. The van der Waals surface area contributed by atoms with Crippen molar-refractivity contribution in [2.45, 2.75) is 16.3 Å². The first-order valence-electron chi connectivity index (χ1n) is 8.86. The van der Waals surface area contributed by atoms with Crippen molar-refractivity contribution in [2.75, 3.05) is 43.6 Å². The summed E-state index contributed by atoms with van der Waals surface area (Å²) < 4.78 is 23.4. The molecular formula is C19H23N3O4S2. The van der Waals surface area contributed by atoms with E-state index in [2.05, 4.69) is 35.4 Å². The van der Waals surface area contributed by atoms with E-state index < -0.39 is 14.8 Å². The normalized spacial score (nSPS) is 15.6. The van der Waals surface area contributed by atoms with Gasteiger partial charge in [0.05, 0.1) is 9.82 Å². The van der Waals surface area contributed by atoms with Gasteiger partial charge >= 0.3 is 0 Å². The second kappa shape index (κ2) is 8.50. The molecule has 9 heteroatoms. The van der Waals surface area contributed by atoms with Crippen molar-refractivity contribution in [1.82, 2.24) is 4.90 Å². The Balaban J connectivity index is 1.69. The van der Waals surface area contributed by atoms with Gasteiger partial charge in [-0.15, -0.1) is 11.8 Å². The molecule has 0 bridgehead atoms. The molecule has 2 aromatic carbocycles. The van der Waals surface area contributed by atoms with E-state index in [1.165, 1.54) is 16.5 Å². The first-order chi connectivity index (χ1) is 13.3. The molecule has 0 radical (unpaired) electrons. The van der Waals surface area contributed by atoms with E-state index in [4.69, 9.17) is 0 Å². The highest BCUT2D eigenvalue weighted by Gasteiger charge is 2.25. The summed E-state index contributed by atoms with van der Waals surface area (Å²) in [6.45, 7) is 3.73. The van der Waals surface area contributed by atoms with Crippen molar-refractivity contribution >= 4 is 33.0 Å². The predicted molar refractivity (Wildman–Crippen MR) is 112 cm³/mol. The van der Waals surface area contributed by atoms with Gasteiger partial charge in [0, 0.05) is 49.9 Å². The number of nitro groups is 1. The van der Waals surface area contributed by atoms with Crippen LogP contribution in [0.25, 0.3) is 0 Å². The van der Waals surface area contributed by atoms with Crippen molar-refractivity contribution in [2.24, 2.45) is 0 Å². The van der Waals surface area contributed by atoms with Crippen molar-refractivity contribution < 1.29 is 13.3 Å². The van der Waals surface area contributed by atoms with Gasteiger partial charge in [-0.3, -0.25) is 15.0 Å². The van der Waals surface area contributed by atoms with Crippen LogP contribution in [-0.4, -0.2) is 56.9 Å². The number of nitrogens with zero attached hydrogens (tertiary/aromatic N) is 3. The summed E-state index contributed by atoms with van der Waals surface area (Å²) in [6, 6.07) is 12.6. The third-order valence-corrected chi connectivity index (χ3v) is 6.70. The van der Waals surface area contributed by atoms with E-state index in [-0.39, 0.29) is 10.6 Å². The Morgan fingerprint density at radius 1 is 1.07 bits per heavy atom. The zero-order chi connectivity index (χ0) is 20.3. The van der Waals surface area contributed by atoms with Crippen molar-refractivity contribution in [3.63, 3.8) is 0 Å². The number of anilines is 1. The van der Waals surface area contributed by atoms with E-state index in [1.807, 2.05) is 4.90 Å². The number of hydrogen-bond donors (Lipinski definition) is 0. The first kappa shape index (κ1) is 20.6. The van der Waals surface area contributed by atoms with Gasteiger partial charge in [0.25, 0.3) is 5.69 Å². The van der Waals surface area contributed by atoms with Crippen LogP contribution in [0.2, 0.25) is 0 Å². The third kappa shape index (κ3) is 4.84. The van der Waals surface area contributed by atoms with Gasteiger partial charge < -0.3 is 4.90 Å². The minimum atomic E-state index is -3.49. The molecule has 1 heterocycles. The Morgan fingerprint density at radius 3 is 2.25 bits per heavy atom. The van der Waals surface area contributed by atoms with Gasteiger partial charge in [0.2, 0.25) is 0 Å². The number of thioether (sulfide) groups is 1. The minimum Gasteiger partial charge on any atom is -0.363 e. The molecule has 0 spiro atoms. The van der Waals surface area contributed by atoms with Crippen LogP contribution in [0.3, 0.4) is 0 Å². The van der Waals surface area contributed by atoms with E-state index in [0.29, 0.717) is 18.8 Å². The highest BCUT2D eigenvalue weighted by Crippen LogP contribution is 2.31. The Labute approximate surface area is 169 Å². The summed E-state index contributed by atoms with van der Waals surface area (Å²) in [5.41, 5.74) is 1.56. The molecule has 150 valence electrons. The lowest BCUT2D eigenvalue weighted by Crippen LogP contribution is -2.46. The fourth-order valence-electron chi connectivity index (χ4n) is 3.28. The average Bonchev–Trinajstić information content (AvgIpc) is 2.68. The Bertz CT molecular complexity index is 954. The number of rotatable bonds is 6. The van der Waals surface area contributed by atoms with Gasteiger partial charge in [-0.05, 0) is 36.1 Å². The lowest BCUT2D eigenvalue weighted by Gasteiger charge is -2.35. The Kier molecular flexibility index (Phi) is 6.26. The fraction of sp³-hybridized carbons (Fsp3) is 0.368. The molecule has 0 atom stereocenters. The lowest BCUT2D eigenvalue weighted by molar-refractivity contribution is -0.384. The number of benzene rings is 2. The summed E-state index contributed by atoms with van der Waals surface area (Å²) in [4.78, 5) is 16.4. The largest absolute Gasteiger partial charge is 0.363 e. The molecule has 1 saturated heterocycles. The third-order valence-electron chi connectivity index (χ3n) is 4.85. The molecule has 1 aliphatic rings. The Hall–Kier alpha value is -2.10. The summed E-state index contributed by atoms with van der Waals surface area (Å²) >= 11 is 1.71. The van der Waals surface area contributed by atoms with Gasteiger partial charge in [-0.25, -0.2) is 8.42 Å². The summed E-state index contributed by atoms with van der Waals surface area (Å²) in [6.07, 6.45) is 3.10. The van der Waals surface area contributed by atoms with Crippen molar-refractivity contribution in [3.8, 4) is 0 Å². The monoisotopic (exact) mass is 421 g/mol. The van der Waals surface area contributed by atoms with Crippen LogP contribution >= 0.6 is 11.8 Å². The summed E-state index contributed by atoms with van der Waals surface area (Å²) in [5.74, 6) is 0. The van der Waals surface area contributed by atoms with Crippen molar-refractivity contribution in [3.05, 3.63) is 58.1 Å². The second-order valence-electron chi connectivity index (χ2n) is 6.79. The van der Waals surface area contributed by atoms with Crippen LogP contribution in [-0.2, 0) is 16.4 Å². The van der Waals surface area contributed by atoms with E-state index in [0.717, 1.165) is 32.0 Å². The van der Waals surface area contributed by atoms with Crippen LogP contribution in [0.1, 0.15) is 5.56 Å². The maximum Gasteiger partial charge on any atom is 0.293 e. The molecule has 28 heavy (non-hydrogen) atoms. The van der Waals surface area contributed by atoms with Crippen LogP contribution in [0, 0.1) is 10.1 Å². The van der Waals surface area contributed by atoms with E-state index >= 15 is 0 Å². The summed E-state index contributed by atoms with van der Waals surface area (Å²) in [7, 11) is -3.49. The zero-order valence-corrected chi connectivity index (χ0v) is 17.5. The van der Waals surface area contributed by atoms with Crippen molar-refractivity contribution in [1.29, 1.82) is 0 Å². The highest BCUT2D eigenvalue weighted by atomic mass is 32.2. The van der Waals surface area contributed by atoms with Crippen LogP contribution in [0.15, 0.2) is 52.3 Å². The zero-order valence-electron chi connectivity index (χ0n) is 15.9. The van der Waals surface area contributed by atoms with Gasteiger partial charge in [-0.1, -0.05) is 12.1 Å². The molecule has 0 aliphatic carbocycles. The SMILES string of the molecule is CSc1ccc(CN2CCN(c3ccc(S(C)(=O)=O)cc3[N+](=O)[O-])CC2)cc1. The number of nitro benzene ring substituents is 1. The predicted octanol–water partition coefficient (Wildman–Crippen LogP) is 3.04. The smallest absolute Gasteiger partial charge is 0.293 e. The molecule has 0 unspecified atom stereocenters. The van der Waals surface area contributed by atoms with Gasteiger partial charge in [0.1, 0.15) is 5.69 Å². The maximum atomic E-state index is 11.7. The molecule has 0 aromatic heterocycles. The van der Waals surface area contributed by atoms with E-state index in [1.54, 1.807) is 17.8 Å².